The summed E-state index contributed by atoms with van der Waals surface area (Å²) in [6, 6.07) is 7.57. The Hall–Kier alpha value is -2.06. The molecule has 2 aromatic carbocycles. The summed E-state index contributed by atoms with van der Waals surface area (Å²) in [5.74, 6) is -1.75. The van der Waals surface area contributed by atoms with Gasteiger partial charge in [0.2, 0.25) is 0 Å². The lowest BCUT2D eigenvalue weighted by Gasteiger charge is -2.13. The first-order valence-electron chi connectivity index (χ1n) is 6.45. The molecule has 0 aliphatic rings. The van der Waals surface area contributed by atoms with Crippen molar-refractivity contribution in [3.8, 4) is 0 Å². The highest BCUT2D eigenvalue weighted by atomic mass is 32.2. The molecule has 0 aromatic heterocycles. The second-order valence-corrected chi connectivity index (χ2v) is 7.23. The van der Waals surface area contributed by atoms with Gasteiger partial charge in [-0.15, -0.1) is 11.8 Å². The van der Waals surface area contributed by atoms with E-state index in [1.807, 2.05) is 0 Å². The van der Waals surface area contributed by atoms with E-state index in [-0.39, 0.29) is 16.1 Å². The number of hydrogen-bond acceptors (Lipinski definition) is 4. The molecule has 0 atom stereocenters. The molecule has 2 rings (SSSR count). The molecule has 0 aliphatic heterocycles. The Morgan fingerprint density at radius 2 is 1.91 bits per heavy atom. The number of anilines is 1. The van der Waals surface area contributed by atoms with Crippen LogP contribution in [0.3, 0.4) is 0 Å². The number of carbonyl (C=O) groups is 1. The molecule has 8 heteroatoms. The number of nitrogens with one attached hydrogen (secondary N) is 1. The summed E-state index contributed by atoms with van der Waals surface area (Å²) in [5, 5.41) is 8.98. The molecule has 0 fully saturated rings. The van der Waals surface area contributed by atoms with E-state index in [4.69, 9.17) is 5.11 Å². The molecule has 0 amide bonds. The number of rotatable bonds is 5. The number of carboxylic acid groups (broad SMARTS) is 1. The molecule has 0 unspecified atom stereocenters. The van der Waals surface area contributed by atoms with Crippen molar-refractivity contribution in [3.63, 3.8) is 0 Å². The number of benzene rings is 2. The van der Waals surface area contributed by atoms with Crippen LogP contribution in [0.15, 0.2) is 46.2 Å². The minimum absolute atomic E-state index is 0.0548. The Balaban J connectivity index is 2.45. The number of aromatic carboxylic acids is 1. The monoisotopic (exact) mass is 355 g/mol. The Bertz CT molecular complexity index is 866. The molecule has 23 heavy (non-hydrogen) atoms. The number of carboxylic acids is 1. The second kappa shape index (κ2) is 6.59. The van der Waals surface area contributed by atoms with E-state index in [1.54, 1.807) is 13.2 Å². The summed E-state index contributed by atoms with van der Waals surface area (Å²) in [4.78, 5) is 11.3. The summed E-state index contributed by atoms with van der Waals surface area (Å²) < 4.78 is 40.6. The minimum atomic E-state index is -3.98. The van der Waals surface area contributed by atoms with Crippen LogP contribution in [0, 0.1) is 12.7 Å². The number of hydrogen-bond donors (Lipinski definition) is 2. The maximum absolute atomic E-state index is 13.3. The SMILES string of the molecule is CSc1cc(C(=O)O)ccc1NS(=O)(=O)c1cc(F)ccc1C. The Morgan fingerprint density at radius 3 is 2.52 bits per heavy atom. The molecule has 0 radical (unpaired) electrons. The molecule has 122 valence electrons. The van der Waals surface area contributed by atoms with Gasteiger partial charge in [-0.3, -0.25) is 4.72 Å². The normalized spacial score (nSPS) is 11.3. The van der Waals surface area contributed by atoms with Gasteiger partial charge in [-0.05, 0) is 49.1 Å². The fourth-order valence-electron chi connectivity index (χ4n) is 1.97. The smallest absolute Gasteiger partial charge is 0.335 e. The van der Waals surface area contributed by atoms with Crippen molar-refractivity contribution in [2.45, 2.75) is 16.7 Å². The minimum Gasteiger partial charge on any atom is -0.478 e. The average molecular weight is 355 g/mol. The van der Waals surface area contributed by atoms with Crippen LogP contribution >= 0.6 is 11.8 Å². The predicted molar refractivity (Wildman–Crippen MR) is 87.1 cm³/mol. The number of thioether (sulfide) groups is 1. The molecule has 0 bridgehead atoms. The first kappa shape index (κ1) is 17.3. The van der Waals surface area contributed by atoms with Crippen LogP contribution in [0.25, 0.3) is 0 Å². The third kappa shape index (κ3) is 3.83. The van der Waals surface area contributed by atoms with Gasteiger partial charge >= 0.3 is 5.97 Å². The number of aryl methyl sites for hydroxylation is 1. The molecular formula is C15H14FNO4S2. The van der Waals surface area contributed by atoms with Crippen LogP contribution in [0.2, 0.25) is 0 Å². The van der Waals surface area contributed by atoms with Gasteiger partial charge in [0.25, 0.3) is 10.0 Å². The van der Waals surface area contributed by atoms with Crippen LogP contribution in [-0.4, -0.2) is 25.7 Å². The van der Waals surface area contributed by atoms with Crippen molar-refractivity contribution in [1.29, 1.82) is 0 Å². The fraction of sp³-hybridized carbons (Fsp3) is 0.133. The zero-order valence-corrected chi connectivity index (χ0v) is 14.0. The van der Waals surface area contributed by atoms with Crippen molar-refractivity contribution < 1.29 is 22.7 Å². The summed E-state index contributed by atoms with van der Waals surface area (Å²) in [7, 11) is -3.98. The molecule has 5 nitrogen and oxygen atoms in total. The van der Waals surface area contributed by atoms with Gasteiger partial charge in [-0.1, -0.05) is 6.07 Å². The molecule has 2 aromatic rings. The number of sulfonamides is 1. The predicted octanol–water partition coefficient (Wildman–Crippen LogP) is 3.36. The quantitative estimate of drug-likeness (QED) is 0.804. The third-order valence-electron chi connectivity index (χ3n) is 3.13. The summed E-state index contributed by atoms with van der Waals surface area (Å²) in [5.41, 5.74) is 0.706. The standard InChI is InChI=1S/C15H14FNO4S2/c1-9-3-5-11(16)8-14(9)23(20,21)17-12-6-4-10(15(18)19)7-13(12)22-2/h3-8,17H,1-2H3,(H,18,19). The van der Waals surface area contributed by atoms with Crippen molar-refractivity contribution in [2.24, 2.45) is 0 Å². The molecule has 0 saturated heterocycles. The fourth-order valence-corrected chi connectivity index (χ4v) is 3.96. The molecule has 0 heterocycles. The highest BCUT2D eigenvalue weighted by Crippen LogP contribution is 2.29. The van der Waals surface area contributed by atoms with Crippen LogP contribution in [0.4, 0.5) is 10.1 Å². The van der Waals surface area contributed by atoms with Crippen LogP contribution in [0.5, 0.6) is 0 Å². The highest BCUT2D eigenvalue weighted by molar-refractivity contribution is 7.99. The molecule has 2 N–H and O–H groups in total. The van der Waals surface area contributed by atoms with Gasteiger partial charge < -0.3 is 5.11 Å². The topological polar surface area (TPSA) is 83.5 Å². The zero-order chi connectivity index (χ0) is 17.2. The van der Waals surface area contributed by atoms with Crippen molar-refractivity contribution in [1.82, 2.24) is 0 Å². The molecule has 0 aliphatic carbocycles. The van der Waals surface area contributed by atoms with Gasteiger partial charge in [-0.2, -0.15) is 0 Å². The van der Waals surface area contributed by atoms with Crippen LogP contribution < -0.4 is 4.72 Å². The third-order valence-corrected chi connectivity index (χ3v) is 5.42. The molecule has 0 spiro atoms. The number of halogens is 1. The van der Waals surface area contributed by atoms with E-state index in [2.05, 4.69) is 4.72 Å². The Kier molecular flexibility index (Phi) is 4.96. The highest BCUT2D eigenvalue weighted by Gasteiger charge is 2.20. The molecular weight excluding hydrogens is 341 g/mol. The van der Waals surface area contributed by atoms with Gasteiger partial charge in [0, 0.05) is 4.90 Å². The largest absolute Gasteiger partial charge is 0.478 e. The first-order chi connectivity index (χ1) is 10.7. The van der Waals surface area contributed by atoms with E-state index >= 15 is 0 Å². The average Bonchev–Trinajstić information content (AvgIpc) is 2.49. The Labute approximate surface area is 137 Å². The van der Waals surface area contributed by atoms with E-state index in [0.717, 1.165) is 6.07 Å². The van der Waals surface area contributed by atoms with Gasteiger partial charge in [0.15, 0.2) is 0 Å². The van der Waals surface area contributed by atoms with Crippen molar-refractivity contribution >= 4 is 33.4 Å². The van der Waals surface area contributed by atoms with Crippen LogP contribution in [-0.2, 0) is 10.0 Å². The van der Waals surface area contributed by atoms with E-state index in [0.29, 0.717) is 10.5 Å². The Morgan fingerprint density at radius 1 is 1.22 bits per heavy atom. The van der Waals surface area contributed by atoms with Gasteiger partial charge in [0.05, 0.1) is 16.1 Å². The maximum atomic E-state index is 13.3. The zero-order valence-electron chi connectivity index (χ0n) is 12.3. The second-order valence-electron chi connectivity index (χ2n) is 4.74. The van der Waals surface area contributed by atoms with Crippen molar-refractivity contribution in [2.75, 3.05) is 11.0 Å². The van der Waals surface area contributed by atoms with E-state index < -0.39 is 21.8 Å². The van der Waals surface area contributed by atoms with Gasteiger partial charge in [0.1, 0.15) is 5.82 Å². The molecule has 0 saturated carbocycles. The lowest BCUT2D eigenvalue weighted by molar-refractivity contribution is 0.0696. The van der Waals surface area contributed by atoms with Gasteiger partial charge in [-0.25, -0.2) is 17.6 Å². The summed E-state index contributed by atoms with van der Waals surface area (Å²) in [6.07, 6.45) is 1.70. The summed E-state index contributed by atoms with van der Waals surface area (Å²) in [6.45, 7) is 1.57. The first-order valence-corrected chi connectivity index (χ1v) is 9.15. The summed E-state index contributed by atoms with van der Waals surface area (Å²) >= 11 is 1.21. The maximum Gasteiger partial charge on any atom is 0.335 e. The van der Waals surface area contributed by atoms with E-state index in [9.17, 15) is 17.6 Å². The van der Waals surface area contributed by atoms with Crippen molar-refractivity contribution in [3.05, 3.63) is 53.3 Å². The van der Waals surface area contributed by atoms with E-state index in [1.165, 1.54) is 42.1 Å². The van der Waals surface area contributed by atoms with Crippen LogP contribution in [0.1, 0.15) is 15.9 Å². The lowest BCUT2D eigenvalue weighted by Crippen LogP contribution is -2.15. The lowest BCUT2D eigenvalue weighted by atomic mass is 10.2.